The molecule has 0 unspecified atom stereocenters. The van der Waals surface area contributed by atoms with Gasteiger partial charge in [-0.15, -0.1) is 6.58 Å². The van der Waals surface area contributed by atoms with Gasteiger partial charge in [0, 0.05) is 11.6 Å². The first kappa shape index (κ1) is 20.0. The van der Waals surface area contributed by atoms with E-state index >= 15 is 0 Å². The first-order valence-electron chi connectivity index (χ1n) is 8.01. The molecule has 27 heavy (non-hydrogen) atoms. The molecular formula is C20H15Cl2NO2S2. The Morgan fingerprint density at radius 2 is 1.93 bits per heavy atom. The lowest BCUT2D eigenvalue weighted by Crippen LogP contribution is -2.27. The molecule has 0 N–H and O–H groups in total. The minimum atomic E-state index is -0.121. The molecule has 1 amide bonds. The molecule has 3 rings (SSSR count). The van der Waals surface area contributed by atoms with Gasteiger partial charge in [-0.3, -0.25) is 9.69 Å². The van der Waals surface area contributed by atoms with Gasteiger partial charge in [0.15, 0.2) is 0 Å². The summed E-state index contributed by atoms with van der Waals surface area (Å²) < 4.78 is 6.29. The Morgan fingerprint density at radius 3 is 2.59 bits per heavy atom. The third-order valence-corrected chi connectivity index (χ3v) is 5.67. The molecular weight excluding hydrogens is 421 g/mol. The van der Waals surface area contributed by atoms with E-state index in [2.05, 4.69) is 6.58 Å². The Morgan fingerprint density at radius 1 is 1.19 bits per heavy atom. The first-order chi connectivity index (χ1) is 13.0. The molecule has 1 aliphatic heterocycles. The van der Waals surface area contributed by atoms with Crippen molar-refractivity contribution in [3.8, 4) is 5.75 Å². The van der Waals surface area contributed by atoms with Crippen LogP contribution in [0, 0.1) is 0 Å². The van der Waals surface area contributed by atoms with Gasteiger partial charge in [-0.1, -0.05) is 71.5 Å². The lowest BCUT2D eigenvalue weighted by atomic mass is 10.2. The summed E-state index contributed by atoms with van der Waals surface area (Å²) in [6, 6.07) is 12.8. The minimum absolute atomic E-state index is 0.121. The van der Waals surface area contributed by atoms with Crippen molar-refractivity contribution in [1.29, 1.82) is 0 Å². The van der Waals surface area contributed by atoms with E-state index in [-0.39, 0.29) is 5.91 Å². The van der Waals surface area contributed by atoms with Crippen molar-refractivity contribution in [2.75, 3.05) is 6.54 Å². The normalized spacial score (nSPS) is 15.5. The van der Waals surface area contributed by atoms with E-state index in [0.717, 1.165) is 11.1 Å². The van der Waals surface area contributed by atoms with Crippen LogP contribution in [-0.2, 0) is 11.4 Å². The summed E-state index contributed by atoms with van der Waals surface area (Å²) in [5.41, 5.74) is 1.79. The summed E-state index contributed by atoms with van der Waals surface area (Å²) in [6.07, 6.45) is 3.43. The second-order valence-electron chi connectivity index (χ2n) is 5.69. The van der Waals surface area contributed by atoms with Crippen LogP contribution in [0.4, 0.5) is 0 Å². The summed E-state index contributed by atoms with van der Waals surface area (Å²) in [5.74, 6) is 0.451. The van der Waals surface area contributed by atoms with Gasteiger partial charge in [-0.05, 0) is 41.5 Å². The van der Waals surface area contributed by atoms with E-state index in [9.17, 15) is 4.79 Å². The fourth-order valence-electron chi connectivity index (χ4n) is 2.40. The van der Waals surface area contributed by atoms with Crippen LogP contribution in [0.1, 0.15) is 11.1 Å². The maximum absolute atomic E-state index is 12.4. The number of ether oxygens (including phenoxy) is 1. The van der Waals surface area contributed by atoms with E-state index in [1.807, 2.05) is 30.3 Å². The average Bonchev–Trinajstić information content (AvgIpc) is 2.90. The lowest BCUT2D eigenvalue weighted by molar-refractivity contribution is -0.121. The number of nitrogens with zero attached hydrogens (tertiary/aromatic N) is 1. The van der Waals surface area contributed by atoms with Crippen molar-refractivity contribution in [2.45, 2.75) is 6.61 Å². The number of rotatable bonds is 6. The first-order valence-corrected chi connectivity index (χ1v) is 9.99. The molecule has 0 aliphatic carbocycles. The monoisotopic (exact) mass is 435 g/mol. The molecule has 2 aromatic rings. The maximum atomic E-state index is 12.4. The Kier molecular flexibility index (Phi) is 6.60. The van der Waals surface area contributed by atoms with Crippen LogP contribution >= 0.6 is 47.2 Å². The zero-order chi connectivity index (χ0) is 19.4. The molecule has 0 spiro atoms. The summed E-state index contributed by atoms with van der Waals surface area (Å²) in [4.78, 5) is 14.5. The van der Waals surface area contributed by atoms with E-state index in [4.69, 9.17) is 40.2 Å². The summed E-state index contributed by atoms with van der Waals surface area (Å²) in [5, 5.41) is 1.15. The minimum Gasteiger partial charge on any atom is -0.487 e. The van der Waals surface area contributed by atoms with Crippen LogP contribution in [0.25, 0.3) is 6.08 Å². The SMILES string of the molecule is C=CCN1C(=O)/C(=C/c2ccc(OCc3ccc(Cl)cc3)c(Cl)c2)SC1=S. The highest BCUT2D eigenvalue weighted by atomic mass is 35.5. The predicted molar refractivity (Wildman–Crippen MR) is 117 cm³/mol. The number of thiocarbonyl (C=S) groups is 1. The van der Waals surface area contributed by atoms with Crippen molar-refractivity contribution in [2.24, 2.45) is 0 Å². The van der Waals surface area contributed by atoms with Crippen molar-refractivity contribution in [3.63, 3.8) is 0 Å². The highest BCUT2D eigenvalue weighted by molar-refractivity contribution is 8.26. The Labute approximate surface area is 177 Å². The van der Waals surface area contributed by atoms with E-state index in [0.29, 0.717) is 38.2 Å². The topological polar surface area (TPSA) is 29.5 Å². The Balaban J connectivity index is 1.71. The smallest absolute Gasteiger partial charge is 0.266 e. The summed E-state index contributed by atoms with van der Waals surface area (Å²) in [6.45, 7) is 4.44. The maximum Gasteiger partial charge on any atom is 0.266 e. The van der Waals surface area contributed by atoms with Gasteiger partial charge < -0.3 is 4.74 Å². The van der Waals surface area contributed by atoms with Crippen LogP contribution < -0.4 is 4.74 Å². The third kappa shape index (κ3) is 4.93. The Hall–Kier alpha value is -1.79. The fraction of sp³-hybridized carbons (Fsp3) is 0.100. The Bertz CT molecular complexity index is 926. The predicted octanol–water partition coefficient (Wildman–Crippen LogP) is 5.96. The summed E-state index contributed by atoms with van der Waals surface area (Å²) in [7, 11) is 0. The van der Waals surface area contributed by atoms with E-state index in [1.54, 1.807) is 24.3 Å². The molecule has 0 atom stereocenters. The van der Waals surface area contributed by atoms with Crippen LogP contribution in [0.3, 0.4) is 0 Å². The second kappa shape index (κ2) is 8.93. The molecule has 0 saturated carbocycles. The molecule has 1 fully saturated rings. The quantitative estimate of drug-likeness (QED) is 0.318. The van der Waals surface area contributed by atoms with E-state index in [1.165, 1.54) is 16.7 Å². The van der Waals surface area contributed by atoms with Crippen molar-refractivity contribution in [1.82, 2.24) is 4.90 Å². The van der Waals surface area contributed by atoms with Crippen LogP contribution in [0.5, 0.6) is 5.75 Å². The van der Waals surface area contributed by atoms with Crippen LogP contribution in [0.15, 0.2) is 60.0 Å². The van der Waals surface area contributed by atoms with Gasteiger partial charge in [0.2, 0.25) is 0 Å². The number of amides is 1. The molecule has 138 valence electrons. The number of carbonyl (C=O) groups is 1. The highest BCUT2D eigenvalue weighted by Gasteiger charge is 2.30. The highest BCUT2D eigenvalue weighted by Crippen LogP contribution is 2.34. The standard InChI is InChI=1S/C20H15Cl2NO2S2/c1-2-9-23-19(24)18(27-20(23)26)11-14-5-8-17(16(22)10-14)25-12-13-3-6-15(21)7-4-13/h2-8,10-11H,1,9,12H2/b18-11-. The van der Waals surface area contributed by atoms with Crippen molar-refractivity contribution >= 4 is 63.5 Å². The van der Waals surface area contributed by atoms with Gasteiger partial charge in [0.25, 0.3) is 5.91 Å². The molecule has 0 aromatic heterocycles. The molecule has 3 nitrogen and oxygen atoms in total. The van der Waals surface area contributed by atoms with Crippen molar-refractivity contribution < 1.29 is 9.53 Å². The number of hydrogen-bond acceptors (Lipinski definition) is 4. The number of benzene rings is 2. The lowest BCUT2D eigenvalue weighted by Gasteiger charge is -2.10. The molecule has 1 saturated heterocycles. The molecule has 2 aromatic carbocycles. The number of halogens is 2. The summed E-state index contributed by atoms with van der Waals surface area (Å²) >= 11 is 18.7. The zero-order valence-electron chi connectivity index (χ0n) is 14.2. The molecule has 1 heterocycles. The van der Waals surface area contributed by atoms with Crippen LogP contribution in [0.2, 0.25) is 10.0 Å². The number of carbonyl (C=O) groups excluding carboxylic acids is 1. The molecule has 0 radical (unpaired) electrons. The largest absolute Gasteiger partial charge is 0.487 e. The van der Waals surface area contributed by atoms with Gasteiger partial charge in [-0.25, -0.2) is 0 Å². The van der Waals surface area contributed by atoms with Crippen molar-refractivity contribution in [3.05, 3.63) is 81.2 Å². The van der Waals surface area contributed by atoms with Gasteiger partial charge in [0.1, 0.15) is 16.7 Å². The third-order valence-electron chi connectivity index (χ3n) is 3.75. The van der Waals surface area contributed by atoms with Crippen LogP contribution in [-0.4, -0.2) is 21.7 Å². The molecule has 1 aliphatic rings. The number of hydrogen-bond donors (Lipinski definition) is 0. The number of thioether (sulfide) groups is 1. The fourth-order valence-corrected chi connectivity index (χ4v) is 4.05. The zero-order valence-corrected chi connectivity index (χ0v) is 17.3. The van der Waals surface area contributed by atoms with Gasteiger partial charge >= 0.3 is 0 Å². The molecule has 0 bridgehead atoms. The average molecular weight is 436 g/mol. The van der Waals surface area contributed by atoms with E-state index < -0.39 is 0 Å². The van der Waals surface area contributed by atoms with Gasteiger partial charge in [0.05, 0.1) is 9.93 Å². The van der Waals surface area contributed by atoms with Gasteiger partial charge in [-0.2, -0.15) is 0 Å². The second-order valence-corrected chi connectivity index (χ2v) is 8.21. The molecule has 7 heteroatoms.